The minimum Gasteiger partial charge on any atom is -0.398 e. The molecule has 0 saturated heterocycles. The lowest BCUT2D eigenvalue weighted by Gasteiger charge is -2.04. The molecule has 0 spiro atoms. The largest absolute Gasteiger partial charge is 0.398 e. The molecule has 2 N–H and O–H groups in total. The van der Waals surface area contributed by atoms with E-state index in [0.29, 0.717) is 0 Å². The fourth-order valence-electron chi connectivity index (χ4n) is 1.98. The first-order valence-electron chi connectivity index (χ1n) is 5.48. The molecule has 4 nitrogen and oxygen atoms in total. The minimum absolute atomic E-state index is 0.721. The van der Waals surface area contributed by atoms with Crippen LogP contribution in [0.15, 0.2) is 41.1 Å². The van der Waals surface area contributed by atoms with Crippen molar-refractivity contribution < 1.29 is 0 Å². The van der Waals surface area contributed by atoms with E-state index in [2.05, 4.69) is 30.5 Å². The summed E-state index contributed by atoms with van der Waals surface area (Å²) in [6, 6.07) is 7.77. The predicted octanol–water partition coefficient (Wildman–Crippen LogP) is 2.98. The summed E-state index contributed by atoms with van der Waals surface area (Å²) in [5.41, 5.74) is 9.49. The highest BCUT2D eigenvalue weighted by molar-refractivity contribution is 9.10. The zero-order valence-corrected chi connectivity index (χ0v) is 11.3. The van der Waals surface area contributed by atoms with Crippen molar-refractivity contribution >= 4 is 32.7 Å². The van der Waals surface area contributed by atoms with Crippen molar-refractivity contribution in [2.45, 2.75) is 0 Å². The first kappa shape index (κ1) is 11.2. The van der Waals surface area contributed by atoms with Crippen LogP contribution in [0.3, 0.4) is 0 Å². The number of benzene rings is 1. The van der Waals surface area contributed by atoms with Crippen molar-refractivity contribution in [3.8, 4) is 11.4 Å². The van der Waals surface area contributed by atoms with Crippen molar-refractivity contribution in [2.24, 2.45) is 7.05 Å². The fourth-order valence-corrected chi connectivity index (χ4v) is 2.35. The van der Waals surface area contributed by atoms with E-state index in [1.807, 2.05) is 31.3 Å². The maximum Gasteiger partial charge on any atom is 0.140 e. The smallest absolute Gasteiger partial charge is 0.140 e. The highest BCUT2D eigenvalue weighted by Crippen LogP contribution is 2.28. The molecular weight excluding hydrogens is 292 g/mol. The average Bonchev–Trinajstić information content (AvgIpc) is 2.71. The van der Waals surface area contributed by atoms with E-state index in [4.69, 9.17) is 5.73 Å². The van der Waals surface area contributed by atoms with Crippen LogP contribution < -0.4 is 5.73 Å². The maximum absolute atomic E-state index is 5.80. The number of fused-ring (bicyclic) bond motifs is 1. The molecule has 0 unspecified atom stereocenters. The molecule has 0 bridgehead atoms. The van der Waals surface area contributed by atoms with Gasteiger partial charge >= 0.3 is 0 Å². The highest BCUT2D eigenvalue weighted by Gasteiger charge is 2.10. The molecule has 2 heterocycles. The Morgan fingerprint density at radius 2 is 2.11 bits per heavy atom. The van der Waals surface area contributed by atoms with E-state index in [-0.39, 0.29) is 0 Å². The number of nitrogens with zero attached hydrogens (tertiary/aromatic N) is 3. The van der Waals surface area contributed by atoms with Gasteiger partial charge in [0.2, 0.25) is 0 Å². The first-order chi connectivity index (χ1) is 8.66. The van der Waals surface area contributed by atoms with Crippen LogP contribution in [0.25, 0.3) is 22.4 Å². The van der Waals surface area contributed by atoms with E-state index < -0.39 is 0 Å². The van der Waals surface area contributed by atoms with Crippen molar-refractivity contribution in [3.63, 3.8) is 0 Å². The maximum atomic E-state index is 5.80. The van der Waals surface area contributed by atoms with Gasteiger partial charge in [-0.15, -0.1) is 0 Å². The van der Waals surface area contributed by atoms with Gasteiger partial charge in [0, 0.05) is 29.0 Å². The second kappa shape index (κ2) is 4.10. The van der Waals surface area contributed by atoms with Crippen molar-refractivity contribution in [1.82, 2.24) is 14.5 Å². The van der Waals surface area contributed by atoms with Gasteiger partial charge < -0.3 is 10.3 Å². The van der Waals surface area contributed by atoms with E-state index in [1.165, 1.54) is 0 Å². The summed E-state index contributed by atoms with van der Waals surface area (Å²) < 4.78 is 2.93. The van der Waals surface area contributed by atoms with Crippen LogP contribution in [-0.2, 0) is 7.05 Å². The lowest BCUT2D eigenvalue weighted by Crippen LogP contribution is -1.93. The molecule has 3 aromatic rings. The predicted molar refractivity (Wildman–Crippen MR) is 76.1 cm³/mol. The number of rotatable bonds is 1. The van der Waals surface area contributed by atoms with Gasteiger partial charge in [0.05, 0.1) is 11.7 Å². The fraction of sp³-hybridized carbons (Fsp3) is 0.0769. The Morgan fingerprint density at radius 1 is 1.28 bits per heavy atom. The molecule has 1 aromatic carbocycles. The van der Waals surface area contributed by atoms with Gasteiger partial charge in [-0.2, -0.15) is 0 Å². The Bertz CT molecular complexity index is 733. The third-order valence-corrected chi connectivity index (χ3v) is 3.63. The summed E-state index contributed by atoms with van der Waals surface area (Å²) in [5, 5.41) is 0. The highest BCUT2D eigenvalue weighted by atomic mass is 79.9. The summed E-state index contributed by atoms with van der Waals surface area (Å²) in [7, 11) is 1.99. The van der Waals surface area contributed by atoms with Crippen LogP contribution in [0.4, 0.5) is 5.69 Å². The number of hydrogen-bond donors (Lipinski definition) is 1. The number of imidazole rings is 1. The van der Waals surface area contributed by atoms with Gasteiger partial charge in [-0.3, -0.25) is 4.98 Å². The zero-order chi connectivity index (χ0) is 12.7. The molecule has 0 atom stereocenters. The van der Waals surface area contributed by atoms with Crippen LogP contribution in [0.1, 0.15) is 0 Å². The van der Waals surface area contributed by atoms with Gasteiger partial charge in [0.15, 0.2) is 0 Å². The van der Waals surface area contributed by atoms with Crippen LogP contribution in [0.5, 0.6) is 0 Å². The second-order valence-corrected chi connectivity index (χ2v) is 4.95. The quantitative estimate of drug-likeness (QED) is 0.703. The monoisotopic (exact) mass is 302 g/mol. The molecule has 0 amide bonds. The topological polar surface area (TPSA) is 56.7 Å². The van der Waals surface area contributed by atoms with Crippen molar-refractivity contribution in [1.29, 1.82) is 0 Å². The van der Waals surface area contributed by atoms with Gasteiger partial charge in [-0.05, 0) is 40.2 Å². The van der Waals surface area contributed by atoms with Crippen molar-refractivity contribution in [3.05, 3.63) is 41.1 Å². The molecule has 0 radical (unpaired) electrons. The molecule has 2 aromatic heterocycles. The molecule has 0 aliphatic rings. The second-order valence-electron chi connectivity index (χ2n) is 4.10. The number of anilines is 1. The van der Waals surface area contributed by atoms with Gasteiger partial charge in [-0.1, -0.05) is 0 Å². The SMILES string of the molecule is Cn1c(-c2ccc(N)c(Br)c2)nc2cnccc21. The Kier molecular flexibility index (Phi) is 2.56. The number of hydrogen-bond acceptors (Lipinski definition) is 3. The molecule has 0 aliphatic carbocycles. The van der Waals surface area contributed by atoms with Gasteiger partial charge in [-0.25, -0.2) is 4.98 Å². The number of aromatic nitrogens is 3. The van der Waals surface area contributed by atoms with Crippen LogP contribution in [0.2, 0.25) is 0 Å². The van der Waals surface area contributed by atoms with Crippen LogP contribution in [0, 0.1) is 0 Å². The minimum atomic E-state index is 0.721. The van der Waals surface area contributed by atoms with E-state index in [0.717, 1.165) is 32.6 Å². The molecule has 90 valence electrons. The third kappa shape index (κ3) is 1.67. The Hall–Kier alpha value is -1.88. The zero-order valence-electron chi connectivity index (χ0n) is 9.76. The molecular formula is C13H11BrN4. The van der Waals surface area contributed by atoms with E-state index in [9.17, 15) is 0 Å². The number of pyridine rings is 1. The molecule has 0 saturated carbocycles. The van der Waals surface area contributed by atoms with E-state index >= 15 is 0 Å². The number of halogens is 1. The standard InChI is InChI=1S/C13H11BrN4/c1-18-12-4-5-16-7-11(12)17-13(18)8-2-3-10(15)9(14)6-8/h2-7H,15H2,1H3. The van der Waals surface area contributed by atoms with Crippen molar-refractivity contribution in [2.75, 3.05) is 5.73 Å². The normalized spacial score (nSPS) is 11.0. The number of nitrogen functional groups attached to an aromatic ring is 1. The Labute approximate surface area is 113 Å². The van der Waals surface area contributed by atoms with E-state index in [1.54, 1.807) is 12.4 Å². The molecule has 3 rings (SSSR count). The van der Waals surface area contributed by atoms with Gasteiger partial charge in [0.25, 0.3) is 0 Å². The molecule has 18 heavy (non-hydrogen) atoms. The first-order valence-corrected chi connectivity index (χ1v) is 6.28. The summed E-state index contributed by atoms with van der Waals surface area (Å²) in [6.45, 7) is 0. The summed E-state index contributed by atoms with van der Waals surface area (Å²) in [5.74, 6) is 0.902. The summed E-state index contributed by atoms with van der Waals surface area (Å²) in [6.07, 6.45) is 3.54. The Morgan fingerprint density at radius 3 is 2.83 bits per heavy atom. The average molecular weight is 303 g/mol. The number of nitrogens with two attached hydrogens (primary N) is 1. The molecule has 0 aliphatic heterocycles. The van der Waals surface area contributed by atoms with Gasteiger partial charge in [0.1, 0.15) is 11.3 Å². The third-order valence-electron chi connectivity index (χ3n) is 2.94. The van der Waals surface area contributed by atoms with Crippen LogP contribution >= 0.6 is 15.9 Å². The Balaban J connectivity index is 2.25. The molecule has 0 fully saturated rings. The van der Waals surface area contributed by atoms with Crippen LogP contribution in [-0.4, -0.2) is 14.5 Å². The number of aryl methyl sites for hydroxylation is 1. The lowest BCUT2D eigenvalue weighted by molar-refractivity contribution is 0.959. The summed E-state index contributed by atoms with van der Waals surface area (Å²) in [4.78, 5) is 8.68. The lowest BCUT2D eigenvalue weighted by atomic mass is 10.2. The molecule has 5 heteroatoms. The summed E-state index contributed by atoms with van der Waals surface area (Å²) >= 11 is 3.44.